The van der Waals surface area contributed by atoms with Gasteiger partial charge in [0.1, 0.15) is 0 Å². The van der Waals surface area contributed by atoms with Gasteiger partial charge in [-0.15, -0.1) is 0 Å². The normalized spacial score (nSPS) is 15.0. The molecular formula is C128H100. The Hall–Kier alpha value is -14.0. The van der Waals surface area contributed by atoms with E-state index >= 15 is 0 Å². The topological polar surface area (TPSA) is 0 Å². The van der Waals surface area contributed by atoms with Crippen molar-refractivity contribution < 1.29 is 0 Å². The van der Waals surface area contributed by atoms with Crippen LogP contribution in [0.4, 0.5) is 0 Å². The molecule has 0 unspecified atom stereocenters. The lowest BCUT2D eigenvalue weighted by atomic mass is 9.96. The Morgan fingerprint density at radius 2 is 0.469 bits per heavy atom. The van der Waals surface area contributed by atoms with Gasteiger partial charge in [0.25, 0.3) is 0 Å². The minimum atomic E-state index is 1.10. The second-order valence-electron chi connectivity index (χ2n) is 37.6. The fourth-order valence-corrected chi connectivity index (χ4v) is 24.3. The fraction of sp³-hybridized carbons (Fsp3) is 0.156. The Kier molecular flexibility index (Phi) is 19.2. The van der Waals surface area contributed by atoms with E-state index in [9.17, 15) is 0 Å². The van der Waals surface area contributed by atoms with Gasteiger partial charge in [-0.3, -0.25) is 0 Å². The van der Waals surface area contributed by atoms with Crippen LogP contribution in [0.2, 0.25) is 0 Å². The molecule has 0 bridgehead atoms. The highest BCUT2D eigenvalue weighted by Gasteiger charge is 2.31. The minimum Gasteiger partial charge on any atom is -0.0795 e. The van der Waals surface area contributed by atoms with Crippen LogP contribution in [0.25, 0.3) is 125 Å². The predicted octanol–water partition coefficient (Wildman–Crippen LogP) is 30.5. The number of fused-ring (bicyclic) bond motifs is 37. The van der Waals surface area contributed by atoms with Crippen LogP contribution < -0.4 is 0 Å². The molecule has 16 aliphatic rings. The van der Waals surface area contributed by atoms with Gasteiger partial charge in [-0.05, 0) is 408 Å². The highest BCUT2D eigenvalue weighted by atomic mass is 14.4. The van der Waals surface area contributed by atoms with Gasteiger partial charge in [-0.25, -0.2) is 0 Å². The zero-order chi connectivity index (χ0) is 84.3. The van der Waals surface area contributed by atoms with Crippen molar-refractivity contribution in [1.82, 2.24) is 0 Å². The number of allylic oxidation sites excluding steroid dienone is 6. The van der Waals surface area contributed by atoms with Crippen molar-refractivity contribution in [3.8, 4) is 89.0 Å². The van der Waals surface area contributed by atoms with Gasteiger partial charge in [-0.2, -0.15) is 0 Å². The van der Waals surface area contributed by atoms with Crippen molar-refractivity contribution in [1.29, 1.82) is 0 Å². The largest absolute Gasteiger partial charge is 0.0795 e. The first kappa shape index (κ1) is 76.4. The zero-order valence-electron chi connectivity index (χ0n) is 72.8. The molecular weight excluding hydrogens is 1540 g/mol. The van der Waals surface area contributed by atoms with Crippen molar-refractivity contribution >= 4 is 36.5 Å². The van der Waals surface area contributed by atoms with Crippen LogP contribution >= 0.6 is 0 Å². The summed E-state index contributed by atoms with van der Waals surface area (Å²) in [4.78, 5) is 0. The third kappa shape index (κ3) is 13.5. The van der Waals surface area contributed by atoms with Crippen molar-refractivity contribution in [2.45, 2.75) is 128 Å². The summed E-state index contributed by atoms with van der Waals surface area (Å²) >= 11 is 0. The monoisotopic (exact) mass is 1640 g/mol. The molecule has 0 spiro atoms. The smallest absolute Gasteiger partial charge is 0.000740 e. The summed E-state index contributed by atoms with van der Waals surface area (Å²) in [7, 11) is 0. The predicted molar refractivity (Wildman–Crippen MR) is 538 cm³/mol. The molecule has 0 N–H and O–H groups in total. The van der Waals surface area contributed by atoms with Gasteiger partial charge < -0.3 is 0 Å². The van der Waals surface area contributed by atoms with Crippen molar-refractivity contribution in [3.63, 3.8) is 0 Å². The lowest BCUT2D eigenvalue weighted by Crippen LogP contribution is -1.91. The first-order chi connectivity index (χ1) is 63.4. The fourth-order valence-electron chi connectivity index (χ4n) is 24.3. The lowest BCUT2D eigenvalue weighted by Gasteiger charge is -2.08. The zero-order valence-corrected chi connectivity index (χ0v) is 72.8. The van der Waals surface area contributed by atoms with E-state index in [1.807, 2.05) is 0 Å². The molecule has 0 radical (unpaired) electrons. The molecule has 0 aliphatic heterocycles. The molecule has 0 aromatic heterocycles. The summed E-state index contributed by atoms with van der Waals surface area (Å²) in [5.74, 6) is 0. The Balaban J connectivity index is 0.0000000793. The number of hydrogen-bond donors (Lipinski definition) is 0. The van der Waals surface area contributed by atoms with Gasteiger partial charge in [-0.1, -0.05) is 352 Å². The standard InChI is InChI=1S/C16H14.2C16H12.C16H14.4C16H12/c3*1-2-7-15-13(4-1)9-14-8-11-5-3-6-12(11)10-16(14)15;3*1-2-6-15-12(4-1)10-13-9-8-11-5-3-7-14(11)16(13)15;2*1-2-6-14-12(4-1)10-16-13-7-3-5-11(13)8-9-15(14)16/h1-2,4,7-8,10H,3,5-6,9H2;1-4,6-8,10H,5,9H2;1-5,7-8,10H,6,9H2;1-2,4,6,8-9H,3,5,7,10H2;1-4,6-9H,5,10H2;1-6,8-9H,7,10H2;1-4,6-9H,5,10H2;1-6,8-9H,7,10H2. The first-order valence-electron chi connectivity index (χ1n) is 47.3. The summed E-state index contributed by atoms with van der Waals surface area (Å²) in [6.07, 6.45) is 50.6. The van der Waals surface area contributed by atoms with E-state index in [2.05, 4.69) is 364 Å². The van der Waals surface area contributed by atoms with E-state index in [1.165, 1.54) is 255 Å². The third-order valence-electron chi connectivity index (χ3n) is 30.4. The Labute approximate surface area is 754 Å². The molecule has 0 heteroatoms. The van der Waals surface area contributed by atoms with Crippen molar-refractivity contribution in [2.24, 2.45) is 0 Å². The van der Waals surface area contributed by atoms with Gasteiger partial charge >= 0.3 is 0 Å². The minimum absolute atomic E-state index is 1.10. The van der Waals surface area contributed by atoms with Crippen LogP contribution in [0, 0.1) is 0 Å². The molecule has 0 nitrogen and oxygen atoms in total. The molecule has 16 aromatic rings. The summed E-state index contributed by atoms with van der Waals surface area (Å²) in [6.45, 7) is 0. The highest BCUT2D eigenvalue weighted by molar-refractivity contribution is 5.91. The Morgan fingerprint density at radius 1 is 0.141 bits per heavy atom. The molecule has 0 amide bonds. The van der Waals surface area contributed by atoms with E-state index in [0.717, 1.165) is 89.9 Å². The van der Waals surface area contributed by atoms with Crippen LogP contribution in [0.3, 0.4) is 0 Å². The van der Waals surface area contributed by atoms with Crippen LogP contribution in [-0.4, -0.2) is 0 Å². The second-order valence-corrected chi connectivity index (χ2v) is 37.6. The molecule has 16 aromatic carbocycles. The maximum atomic E-state index is 2.46. The molecule has 0 fully saturated rings. The first-order valence-corrected chi connectivity index (χ1v) is 47.3. The quantitative estimate of drug-likeness (QED) is 0.142. The average molecular weight is 1640 g/mol. The Bertz CT molecular complexity index is 7430. The van der Waals surface area contributed by atoms with Crippen LogP contribution in [0.15, 0.2) is 328 Å². The second kappa shape index (κ2) is 32.1. The average Bonchev–Trinajstić information content (AvgIpc) is 1.64. The van der Waals surface area contributed by atoms with E-state index in [1.54, 1.807) is 50.1 Å². The number of hydrogen-bond acceptors (Lipinski definition) is 0. The molecule has 612 valence electrons. The maximum absolute atomic E-state index is 2.46. The summed E-state index contributed by atoms with van der Waals surface area (Å²) in [6, 6.07) is 108. The lowest BCUT2D eigenvalue weighted by molar-refractivity contribution is 0.911. The summed E-state index contributed by atoms with van der Waals surface area (Å²) in [5.41, 5.74) is 71.6. The van der Waals surface area contributed by atoms with Crippen LogP contribution in [-0.2, 0) is 116 Å². The SMILES string of the molecule is C1=Cc2c(ccc3c2-c2ccccc2C3)C1.C1=Cc2c(ccc3c2Cc2ccccc2-3)C1.C1=Cc2cc3c(cc2C1)-c1ccccc1C3.C1=Cc2cc3c(cc2C1)Cc1ccccc1-3.C1=Cc2ccc3c(c2C1)-c1ccccc1C3.C1=Cc2ccc3c(c2C1)Cc1ccccc1-3.c1ccc2c(c1)Cc1cc3c(cc1-2)CCC3.c1ccc2c(c1)Cc1ccc3c(c1-2)CCC3. The molecule has 0 saturated carbocycles. The van der Waals surface area contributed by atoms with Gasteiger partial charge in [0, 0.05) is 0 Å². The van der Waals surface area contributed by atoms with Crippen molar-refractivity contribution in [2.75, 3.05) is 0 Å². The summed E-state index contributed by atoms with van der Waals surface area (Å²) < 4.78 is 0. The highest BCUT2D eigenvalue weighted by Crippen LogP contribution is 2.50. The third-order valence-corrected chi connectivity index (χ3v) is 30.4. The van der Waals surface area contributed by atoms with Gasteiger partial charge in [0.15, 0.2) is 0 Å². The molecule has 128 heavy (non-hydrogen) atoms. The number of rotatable bonds is 0. The summed E-state index contributed by atoms with van der Waals surface area (Å²) in [5, 5.41) is 0. The number of benzene rings is 16. The van der Waals surface area contributed by atoms with Crippen molar-refractivity contribution in [3.05, 3.63) is 506 Å². The van der Waals surface area contributed by atoms with E-state index in [-0.39, 0.29) is 0 Å². The number of aryl methyl sites for hydroxylation is 3. The van der Waals surface area contributed by atoms with E-state index in [0.29, 0.717) is 0 Å². The Morgan fingerprint density at radius 3 is 1.06 bits per heavy atom. The van der Waals surface area contributed by atoms with Crippen LogP contribution in [0.1, 0.15) is 191 Å². The molecule has 0 heterocycles. The molecule has 32 rings (SSSR count). The van der Waals surface area contributed by atoms with E-state index in [4.69, 9.17) is 0 Å². The van der Waals surface area contributed by atoms with E-state index < -0.39 is 0 Å². The molecule has 0 atom stereocenters. The maximum Gasteiger partial charge on any atom is -0.000740 e. The van der Waals surface area contributed by atoms with Gasteiger partial charge in [0.2, 0.25) is 0 Å². The van der Waals surface area contributed by atoms with Crippen LogP contribution in [0.5, 0.6) is 0 Å². The van der Waals surface area contributed by atoms with Gasteiger partial charge in [0.05, 0.1) is 0 Å². The molecule has 16 aliphatic carbocycles. The molecule has 0 saturated heterocycles.